The van der Waals surface area contributed by atoms with Gasteiger partial charge in [0.15, 0.2) is 0 Å². The maximum atomic E-state index is 3.60. The first kappa shape index (κ1) is 4.59. The van der Waals surface area contributed by atoms with E-state index in [9.17, 15) is 0 Å². The minimum absolute atomic E-state index is 1.72. The van der Waals surface area contributed by atoms with Crippen LogP contribution >= 0.6 is 22.4 Å². The van der Waals surface area contributed by atoms with E-state index < -0.39 is 0 Å². The van der Waals surface area contributed by atoms with Crippen molar-refractivity contribution in [3.8, 4) is 0 Å². The van der Waals surface area contributed by atoms with Gasteiger partial charge in [0.1, 0.15) is 0 Å². The molecule has 1 nitrogen and oxygen atoms in total. The molecule has 0 heterocycles. The van der Waals surface area contributed by atoms with Crippen molar-refractivity contribution in [1.82, 2.24) is 0 Å². The molecule has 0 aliphatic carbocycles. The Labute approximate surface area is 39.6 Å². The van der Waals surface area contributed by atoms with Crippen LogP contribution in [-0.2, 0) is 0 Å². The summed E-state index contributed by atoms with van der Waals surface area (Å²) in [4.78, 5) is 5.32. The summed E-state index contributed by atoms with van der Waals surface area (Å²) in [5, 5.41) is 0. The molecule has 0 N–H and O–H groups in total. The standard InChI is InChI=1S/CH3BIN/c1-4-2-3/h1H3. The number of hydrogen-bond donors (Lipinski definition) is 0. The zero-order chi connectivity index (χ0) is 3.41. The van der Waals surface area contributed by atoms with Gasteiger partial charge in [0.2, 0.25) is 0 Å². The summed E-state index contributed by atoms with van der Waals surface area (Å²) in [6.45, 7) is 0. The first-order valence-electron chi connectivity index (χ1n) is 0.924. The van der Waals surface area contributed by atoms with Gasteiger partial charge < -0.3 is 0 Å². The first-order valence-corrected chi connectivity index (χ1v) is 2.17. The topological polar surface area (TPSA) is 12.4 Å². The van der Waals surface area contributed by atoms with Crippen LogP contribution in [0, 0.1) is 0 Å². The van der Waals surface area contributed by atoms with E-state index in [4.69, 9.17) is 0 Å². The van der Waals surface area contributed by atoms with E-state index in [1.165, 1.54) is 0 Å². The van der Waals surface area contributed by atoms with E-state index >= 15 is 0 Å². The summed E-state index contributed by atoms with van der Waals surface area (Å²) in [6, 6.07) is 0. The number of hydrogen-bond acceptors (Lipinski definition) is 1. The molecule has 0 aromatic rings. The van der Waals surface area contributed by atoms with E-state index in [0.29, 0.717) is 0 Å². The van der Waals surface area contributed by atoms with Gasteiger partial charge in [-0.05, 0) is 0 Å². The van der Waals surface area contributed by atoms with Crippen LogP contribution in [0.5, 0.6) is 0 Å². The van der Waals surface area contributed by atoms with Gasteiger partial charge in [-0.1, -0.05) is 0 Å². The summed E-state index contributed by atoms with van der Waals surface area (Å²) in [6.07, 6.45) is 0. The Balaban J connectivity index is 2.55. The Bertz CT molecular complexity index is 23.2. The van der Waals surface area contributed by atoms with Crippen molar-refractivity contribution in [3.63, 3.8) is 0 Å². The van der Waals surface area contributed by atoms with Gasteiger partial charge in [0.25, 0.3) is 0 Å². The van der Waals surface area contributed by atoms with Crippen LogP contribution in [0.2, 0.25) is 0 Å². The Morgan fingerprint density at radius 2 is 2.25 bits per heavy atom. The van der Waals surface area contributed by atoms with Crippen molar-refractivity contribution >= 4 is 27.3 Å². The van der Waals surface area contributed by atoms with Gasteiger partial charge in [-0.2, -0.15) is 0 Å². The number of rotatable bonds is 0. The van der Waals surface area contributed by atoms with Crippen molar-refractivity contribution in [2.45, 2.75) is 0 Å². The monoisotopic (exact) mass is 167 g/mol. The van der Waals surface area contributed by atoms with Crippen molar-refractivity contribution in [2.75, 3.05) is 7.05 Å². The summed E-state index contributed by atoms with van der Waals surface area (Å²) < 4.78 is 0. The third-order valence-corrected chi connectivity index (χ3v) is 0.655. The minimum atomic E-state index is 1.72. The predicted octanol–water partition coefficient (Wildman–Crippen LogP) is 0.854. The molecular formula is CH3BIN. The SMILES string of the molecule is CN=BI. The molecule has 0 saturated heterocycles. The first-order chi connectivity index (χ1) is 1.91. The average Bonchev–Trinajstić information content (AvgIpc) is 1.37. The molecule has 0 atom stereocenters. The summed E-state index contributed by atoms with van der Waals surface area (Å²) in [7, 11) is 1.74. The molecule has 0 amide bonds. The Hall–Kier alpha value is 0.595. The molecular weight excluding hydrogens is 164 g/mol. The molecule has 0 spiro atoms. The van der Waals surface area contributed by atoms with Crippen LogP contribution in [-0.4, -0.2) is 12.0 Å². The van der Waals surface area contributed by atoms with Gasteiger partial charge in [-0.3, -0.25) is 0 Å². The molecule has 4 heavy (non-hydrogen) atoms. The fourth-order valence-corrected chi connectivity index (χ4v) is 0. The fraction of sp³-hybridized carbons (Fsp3) is 1.00. The Kier molecular flexibility index (Phi) is 4.13. The molecule has 0 saturated carbocycles. The van der Waals surface area contributed by atoms with Crippen LogP contribution in [0.15, 0.2) is 4.90 Å². The number of nitrogens with zero attached hydrogens (tertiary/aromatic N) is 1. The normalized spacial score (nSPS) is 7.50. The predicted molar refractivity (Wildman–Crippen MR) is 28.1 cm³/mol. The second kappa shape index (κ2) is 3.59. The molecule has 0 unspecified atom stereocenters. The summed E-state index contributed by atoms with van der Waals surface area (Å²) in [5.41, 5.74) is 0. The Morgan fingerprint density at radius 1 is 2.00 bits per heavy atom. The molecule has 0 fully saturated rings. The van der Waals surface area contributed by atoms with E-state index in [0.717, 1.165) is 0 Å². The summed E-state index contributed by atoms with van der Waals surface area (Å²) in [5.74, 6) is 0. The second-order valence-corrected chi connectivity index (χ2v) is 0.913. The molecule has 0 aliphatic rings. The third kappa shape index (κ3) is 2.59. The van der Waals surface area contributed by atoms with Crippen LogP contribution in [0.3, 0.4) is 0 Å². The van der Waals surface area contributed by atoms with Crippen LogP contribution in [0.25, 0.3) is 0 Å². The van der Waals surface area contributed by atoms with Gasteiger partial charge in [-0.15, -0.1) is 0 Å². The average molecular weight is 167 g/mol. The van der Waals surface area contributed by atoms with Gasteiger partial charge in [-0.25, -0.2) is 0 Å². The third-order valence-electron chi connectivity index (χ3n) is 0.0976. The van der Waals surface area contributed by atoms with E-state index in [2.05, 4.69) is 27.3 Å². The summed E-state index contributed by atoms with van der Waals surface area (Å²) >= 11 is 2.06. The molecule has 0 radical (unpaired) electrons. The van der Waals surface area contributed by atoms with Gasteiger partial charge in [0, 0.05) is 0 Å². The molecule has 0 aromatic carbocycles. The van der Waals surface area contributed by atoms with Crippen LogP contribution in [0.1, 0.15) is 0 Å². The quantitative estimate of drug-likeness (QED) is 0.374. The second-order valence-electron chi connectivity index (χ2n) is 0.356. The van der Waals surface area contributed by atoms with E-state index in [1.54, 1.807) is 12.0 Å². The van der Waals surface area contributed by atoms with E-state index in [1.807, 2.05) is 0 Å². The van der Waals surface area contributed by atoms with Crippen LogP contribution < -0.4 is 0 Å². The molecule has 0 aliphatic heterocycles. The maximum absolute atomic E-state index is 3.60. The molecule has 0 aromatic heterocycles. The van der Waals surface area contributed by atoms with E-state index in [-0.39, 0.29) is 0 Å². The van der Waals surface area contributed by atoms with Gasteiger partial charge in [0.05, 0.1) is 0 Å². The fourth-order valence-electron chi connectivity index (χ4n) is 0. The number of halogens is 1. The van der Waals surface area contributed by atoms with Crippen LogP contribution in [0.4, 0.5) is 0 Å². The van der Waals surface area contributed by atoms with Crippen molar-refractivity contribution < 1.29 is 0 Å². The van der Waals surface area contributed by atoms with Crippen molar-refractivity contribution in [1.29, 1.82) is 0 Å². The van der Waals surface area contributed by atoms with Crippen molar-refractivity contribution in [3.05, 3.63) is 0 Å². The van der Waals surface area contributed by atoms with Gasteiger partial charge >= 0.3 is 39.2 Å². The molecule has 22 valence electrons. The zero-order valence-electron chi connectivity index (χ0n) is 2.40. The Morgan fingerprint density at radius 3 is 2.25 bits per heavy atom. The van der Waals surface area contributed by atoms with Crippen molar-refractivity contribution in [2.24, 2.45) is 4.90 Å². The molecule has 0 rings (SSSR count). The zero-order valence-corrected chi connectivity index (χ0v) is 4.56. The molecule has 3 heteroatoms. The molecule has 0 bridgehead atoms.